The lowest BCUT2D eigenvalue weighted by Gasteiger charge is -2.15. The van der Waals surface area contributed by atoms with E-state index in [1.807, 2.05) is 6.92 Å². The van der Waals surface area contributed by atoms with E-state index < -0.39 is 10.0 Å². The lowest BCUT2D eigenvalue weighted by molar-refractivity contribution is 0.0917. The van der Waals surface area contributed by atoms with Crippen molar-refractivity contribution >= 4 is 27.4 Å². The summed E-state index contributed by atoms with van der Waals surface area (Å²) < 4.78 is 39.8. The van der Waals surface area contributed by atoms with Crippen LogP contribution in [-0.4, -0.2) is 49.2 Å². The Morgan fingerprint density at radius 3 is 2.64 bits per heavy atom. The van der Waals surface area contributed by atoms with Crippen LogP contribution in [-0.2, 0) is 21.8 Å². The van der Waals surface area contributed by atoms with Gasteiger partial charge in [0.25, 0.3) is 5.91 Å². The predicted octanol–water partition coefficient (Wildman–Crippen LogP) is 3.39. The molecule has 1 atom stereocenters. The third-order valence-corrected chi connectivity index (χ3v) is 7.17. The van der Waals surface area contributed by atoms with Gasteiger partial charge in [0, 0.05) is 48.8 Å². The molecule has 0 saturated heterocycles. The monoisotopic (exact) mass is 508 g/mol. The molecular formula is C26H28N4O5S. The van der Waals surface area contributed by atoms with E-state index in [0.717, 1.165) is 0 Å². The third kappa shape index (κ3) is 6.87. The zero-order chi connectivity index (χ0) is 25.7. The van der Waals surface area contributed by atoms with E-state index in [2.05, 4.69) is 27.0 Å². The fourth-order valence-electron chi connectivity index (χ4n) is 3.47. The quantitative estimate of drug-likeness (QED) is 0.429. The summed E-state index contributed by atoms with van der Waals surface area (Å²) in [5.74, 6) is 6.66. The first-order chi connectivity index (χ1) is 17.2. The van der Waals surface area contributed by atoms with Gasteiger partial charge in [-0.05, 0) is 56.2 Å². The molecular weight excluding hydrogens is 480 g/mol. The van der Waals surface area contributed by atoms with Crippen LogP contribution >= 0.6 is 0 Å². The van der Waals surface area contributed by atoms with Gasteiger partial charge in [0.05, 0.1) is 11.9 Å². The lowest BCUT2D eigenvalue weighted by Crippen LogP contribution is -2.19. The second-order valence-electron chi connectivity index (χ2n) is 8.64. The van der Waals surface area contributed by atoms with E-state index in [1.54, 1.807) is 73.6 Å². The van der Waals surface area contributed by atoms with Gasteiger partial charge in [0.15, 0.2) is 5.82 Å². The number of anilines is 2. The Kier molecular flexibility index (Phi) is 7.62. The van der Waals surface area contributed by atoms with Crippen molar-refractivity contribution < 1.29 is 22.7 Å². The Labute approximate surface area is 210 Å². The number of aryl methyl sites for hydroxylation is 1. The summed E-state index contributed by atoms with van der Waals surface area (Å²) >= 11 is 0. The van der Waals surface area contributed by atoms with Gasteiger partial charge in [-0.15, -0.1) is 0 Å². The Bertz CT molecular complexity index is 1420. The highest BCUT2D eigenvalue weighted by Gasteiger charge is 2.35. The van der Waals surface area contributed by atoms with Crippen LogP contribution in [0.4, 0.5) is 11.5 Å². The number of nitrogens with one attached hydrogen (secondary N) is 2. The van der Waals surface area contributed by atoms with Crippen LogP contribution in [0.2, 0.25) is 0 Å². The molecule has 9 nitrogen and oxygen atoms in total. The highest BCUT2D eigenvalue weighted by atomic mass is 32.2. The van der Waals surface area contributed by atoms with Crippen molar-refractivity contribution in [3.8, 4) is 17.6 Å². The number of carbonyl (C=O) groups excluding carboxylic acids is 1. The first-order valence-corrected chi connectivity index (χ1v) is 13.0. The average Bonchev–Trinajstić information content (AvgIpc) is 3.61. The number of nitrogens with zero attached hydrogens (tertiary/aromatic N) is 2. The predicted molar refractivity (Wildman–Crippen MR) is 138 cm³/mol. The van der Waals surface area contributed by atoms with Crippen molar-refractivity contribution in [2.75, 3.05) is 23.8 Å². The first kappa shape index (κ1) is 25.3. The molecule has 36 heavy (non-hydrogen) atoms. The van der Waals surface area contributed by atoms with Gasteiger partial charge in [-0.3, -0.25) is 14.2 Å². The van der Waals surface area contributed by atoms with Crippen molar-refractivity contribution in [3.05, 3.63) is 71.4 Å². The van der Waals surface area contributed by atoms with Crippen LogP contribution in [0.15, 0.2) is 54.7 Å². The normalized spacial score (nSPS) is 13.9. The number of sulfonamides is 1. The smallest absolute Gasteiger partial charge is 0.257 e. The van der Waals surface area contributed by atoms with Crippen LogP contribution in [0.1, 0.15) is 41.3 Å². The molecule has 2 aromatic carbocycles. The van der Waals surface area contributed by atoms with Gasteiger partial charge in [0.1, 0.15) is 11.9 Å². The van der Waals surface area contributed by atoms with Gasteiger partial charge >= 0.3 is 0 Å². The van der Waals surface area contributed by atoms with E-state index in [0.29, 0.717) is 53.4 Å². The van der Waals surface area contributed by atoms with Crippen molar-refractivity contribution in [2.24, 2.45) is 7.05 Å². The van der Waals surface area contributed by atoms with Gasteiger partial charge in [-0.1, -0.05) is 17.9 Å². The number of amides is 1. The van der Waals surface area contributed by atoms with Crippen molar-refractivity contribution in [1.29, 1.82) is 0 Å². The average molecular weight is 509 g/mol. The first-order valence-electron chi connectivity index (χ1n) is 11.5. The molecule has 1 aromatic heterocycles. The van der Waals surface area contributed by atoms with E-state index >= 15 is 0 Å². The molecule has 1 heterocycles. The van der Waals surface area contributed by atoms with Crippen LogP contribution in [0, 0.1) is 11.8 Å². The fraction of sp³-hybridized carbons (Fsp3) is 0.308. The highest BCUT2D eigenvalue weighted by Crippen LogP contribution is 2.29. The van der Waals surface area contributed by atoms with Crippen LogP contribution < -0.4 is 14.8 Å². The summed E-state index contributed by atoms with van der Waals surface area (Å²) in [6.45, 7) is 2.25. The molecule has 0 aliphatic heterocycles. The molecule has 3 aromatic rings. The Hall–Kier alpha value is -3.81. The second kappa shape index (κ2) is 10.8. The summed E-state index contributed by atoms with van der Waals surface area (Å²) in [6, 6.07) is 13.7. The summed E-state index contributed by atoms with van der Waals surface area (Å²) in [5.41, 5.74) is 2.02. The van der Waals surface area contributed by atoms with Gasteiger partial charge in [-0.2, -0.15) is 5.10 Å². The minimum Gasteiger partial charge on any atom is -0.488 e. The highest BCUT2D eigenvalue weighted by molar-refractivity contribution is 7.93. The van der Waals surface area contributed by atoms with Crippen molar-refractivity contribution in [3.63, 3.8) is 0 Å². The maximum Gasteiger partial charge on any atom is 0.257 e. The molecule has 10 heteroatoms. The van der Waals surface area contributed by atoms with Crippen LogP contribution in [0.5, 0.6) is 5.75 Å². The Morgan fingerprint density at radius 2 is 1.94 bits per heavy atom. The van der Waals surface area contributed by atoms with Crippen LogP contribution in [0.25, 0.3) is 0 Å². The SMILES string of the molecule is COC[C@H](C)Oc1cc(C#Cc2cccc(NS(=O)(=O)C3CC3)c2)cc(C(=O)Nc2ccn(C)n2)c1. The number of hydrogen-bond acceptors (Lipinski definition) is 6. The van der Waals surface area contributed by atoms with E-state index in [-0.39, 0.29) is 17.3 Å². The lowest BCUT2D eigenvalue weighted by atomic mass is 10.1. The third-order valence-electron chi connectivity index (χ3n) is 5.30. The molecule has 1 saturated carbocycles. The van der Waals surface area contributed by atoms with Gasteiger partial charge in [-0.25, -0.2) is 8.42 Å². The number of rotatable bonds is 9. The van der Waals surface area contributed by atoms with E-state index in [1.165, 1.54) is 0 Å². The van der Waals surface area contributed by atoms with Crippen molar-refractivity contribution in [1.82, 2.24) is 9.78 Å². The summed E-state index contributed by atoms with van der Waals surface area (Å²) in [5, 5.41) is 6.63. The molecule has 188 valence electrons. The largest absolute Gasteiger partial charge is 0.488 e. The molecule has 1 aliphatic rings. The topological polar surface area (TPSA) is 112 Å². The zero-order valence-electron chi connectivity index (χ0n) is 20.3. The molecule has 0 radical (unpaired) electrons. The fourth-order valence-corrected chi connectivity index (χ4v) is 4.85. The summed E-state index contributed by atoms with van der Waals surface area (Å²) in [4.78, 5) is 12.9. The molecule has 4 rings (SSSR count). The molecule has 1 aliphatic carbocycles. The maximum absolute atomic E-state index is 12.9. The number of aromatic nitrogens is 2. The molecule has 0 spiro atoms. The molecule has 0 unspecified atom stereocenters. The minimum atomic E-state index is -3.36. The van der Waals surface area contributed by atoms with Gasteiger partial charge in [0.2, 0.25) is 10.0 Å². The van der Waals surface area contributed by atoms with Gasteiger partial charge < -0.3 is 14.8 Å². The molecule has 0 bridgehead atoms. The minimum absolute atomic E-state index is 0.235. The van der Waals surface area contributed by atoms with Crippen LogP contribution in [0.3, 0.4) is 0 Å². The summed E-state index contributed by atoms with van der Waals surface area (Å²) in [6.07, 6.45) is 2.87. The number of ether oxygens (including phenoxy) is 2. The second-order valence-corrected chi connectivity index (χ2v) is 10.6. The zero-order valence-corrected chi connectivity index (χ0v) is 21.1. The van der Waals surface area contributed by atoms with Crippen molar-refractivity contribution in [2.45, 2.75) is 31.1 Å². The molecule has 2 N–H and O–H groups in total. The Balaban J connectivity index is 1.59. The Morgan fingerprint density at radius 1 is 1.17 bits per heavy atom. The summed E-state index contributed by atoms with van der Waals surface area (Å²) in [7, 11) is -0.00711. The number of methoxy groups -OCH3 is 1. The maximum atomic E-state index is 12.9. The number of hydrogen-bond donors (Lipinski definition) is 2. The standard InChI is InChI=1S/C26H28N4O5S/c1-18(17-34-3)35-23-15-20(13-21(16-23)26(31)27-25-11-12-30(2)28-25)8-7-19-5-4-6-22(14-19)29-36(32,33)24-9-10-24/h4-6,11-16,18,24,29H,9-10,17H2,1-3H3,(H,27,28,31)/t18-/m0/s1. The number of benzene rings is 2. The molecule has 1 amide bonds. The van der Waals surface area contributed by atoms with E-state index in [4.69, 9.17) is 9.47 Å². The number of carbonyl (C=O) groups is 1. The molecule has 1 fully saturated rings. The van der Waals surface area contributed by atoms with E-state index in [9.17, 15) is 13.2 Å².